The fourth-order valence-electron chi connectivity index (χ4n) is 2.36. The first-order valence-electron chi connectivity index (χ1n) is 7.99. The summed E-state index contributed by atoms with van der Waals surface area (Å²) in [6.45, 7) is 8.67. The van der Waals surface area contributed by atoms with Gasteiger partial charge in [0.15, 0.2) is 0 Å². The van der Waals surface area contributed by atoms with Crippen molar-refractivity contribution in [3.63, 3.8) is 0 Å². The molecule has 0 saturated carbocycles. The summed E-state index contributed by atoms with van der Waals surface area (Å²) in [7, 11) is 0. The molecule has 1 atom stereocenters. The van der Waals surface area contributed by atoms with E-state index in [1.165, 1.54) is 27.2 Å². The Labute approximate surface area is 186 Å². The van der Waals surface area contributed by atoms with E-state index in [-0.39, 0.29) is 42.2 Å². The van der Waals surface area contributed by atoms with E-state index in [2.05, 4.69) is 76.2 Å². The Bertz CT molecular complexity index is 642. The third-order valence-electron chi connectivity index (χ3n) is 4.15. The summed E-state index contributed by atoms with van der Waals surface area (Å²) in [5, 5.41) is 0. The van der Waals surface area contributed by atoms with Crippen LogP contribution >= 0.6 is 11.8 Å². The number of halogens is 2. The minimum absolute atomic E-state index is 0. The molecule has 0 saturated heterocycles. The van der Waals surface area contributed by atoms with Crippen molar-refractivity contribution in [1.29, 1.82) is 0 Å². The maximum atomic E-state index is 3.36. The van der Waals surface area contributed by atoms with Crippen molar-refractivity contribution < 1.29 is 42.2 Å². The van der Waals surface area contributed by atoms with Crippen LogP contribution in [0, 0.1) is 18.1 Å². The Morgan fingerprint density at radius 3 is 1.96 bits per heavy atom. The molecule has 1 aliphatic carbocycles. The summed E-state index contributed by atoms with van der Waals surface area (Å²) in [6, 6.07) is 21.8. The van der Waals surface area contributed by atoms with Gasteiger partial charge in [0.25, 0.3) is 0 Å². The van der Waals surface area contributed by atoms with Gasteiger partial charge >= 0.3 is 17.4 Å². The van der Waals surface area contributed by atoms with Crippen molar-refractivity contribution in [3.8, 4) is 0 Å². The third-order valence-corrected chi connectivity index (χ3v) is 5.21. The summed E-state index contributed by atoms with van der Waals surface area (Å²) in [5.41, 5.74) is 5.50. The molecule has 138 valence electrons. The van der Waals surface area contributed by atoms with Crippen molar-refractivity contribution >= 4 is 11.8 Å². The summed E-state index contributed by atoms with van der Waals surface area (Å²) < 4.78 is 0. The Morgan fingerprint density at radius 2 is 1.54 bits per heavy atom. The largest absolute Gasteiger partial charge is 4.00 e. The van der Waals surface area contributed by atoms with E-state index in [0.717, 1.165) is 5.75 Å². The molecule has 0 aromatic heterocycles. The minimum Gasteiger partial charge on any atom is -1.00 e. The van der Waals surface area contributed by atoms with Gasteiger partial charge in [0.1, 0.15) is 0 Å². The number of allylic oxidation sites excluding steroid dienone is 4. The normalized spacial score (nSPS) is 14.8. The van der Waals surface area contributed by atoms with Crippen LogP contribution in [-0.2, 0) is 23.1 Å². The second-order valence-corrected chi connectivity index (χ2v) is 6.84. The Balaban J connectivity index is 0. The van der Waals surface area contributed by atoms with Crippen LogP contribution in [0.25, 0.3) is 0 Å². The van der Waals surface area contributed by atoms with Gasteiger partial charge in [-0.1, -0.05) is 44.9 Å². The van der Waals surface area contributed by atoms with E-state index >= 15 is 0 Å². The average Bonchev–Trinajstić information content (AvgIpc) is 2.81. The zero-order chi connectivity index (χ0) is 16.7. The fourth-order valence-corrected chi connectivity index (χ4v) is 3.21. The average molecular weight is 443 g/mol. The molecule has 0 nitrogen and oxygen atoms in total. The van der Waals surface area contributed by atoms with Gasteiger partial charge in [-0.3, -0.25) is 6.08 Å². The van der Waals surface area contributed by atoms with Crippen molar-refractivity contribution in [2.75, 3.05) is 0 Å². The number of benzene rings is 2. The molecule has 0 radical (unpaired) electrons. The van der Waals surface area contributed by atoms with Crippen LogP contribution in [0.1, 0.15) is 33.3 Å². The molecule has 2 aromatic rings. The van der Waals surface area contributed by atoms with Crippen LogP contribution in [-0.4, -0.2) is 0 Å². The molecule has 0 amide bonds. The van der Waals surface area contributed by atoms with Crippen molar-refractivity contribution in [2.45, 2.75) is 38.3 Å². The molecule has 0 fully saturated rings. The first-order chi connectivity index (χ1) is 11.1. The molecule has 0 aliphatic heterocycles. The van der Waals surface area contributed by atoms with Crippen molar-refractivity contribution in [1.82, 2.24) is 0 Å². The first-order valence-corrected chi connectivity index (χ1v) is 8.97. The molecule has 26 heavy (non-hydrogen) atoms. The third kappa shape index (κ3) is 8.85. The zero-order valence-corrected chi connectivity index (χ0v) is 19.2. The van der Waals surface area contributed by atoms with Gasteiger partial charge in [-0.2, -0.15) is 47.0 Å². The van der Waals surface area contributed by atoms with E-state index < -0.39 is 0 Å². The quantitative estimate of drug-likeness (QED) is 0.492. The summed E-state index contributed by atoms with van der Waals surface area (Å²) >= 11 is 1.84. The molecule has 3 rings (SSSR count). The van der Waals surface area contributed by atoms with Gasteiger partial charge in [-0.05, 0) is 12.1 Å². The molecular weight excluding hydrogens is 419 g/mol. The number of hydrogen-bond donors (Lipinski definition) is 0. The molecular formula is C22H24Cl2CrS. The minimum atomic E-state index is 0. The number of rotatable bonds is 3. The van der Waals surface area contributed by atoms with Crippen LogP contribution in [0.5, 0.6) is 0 Å². The van der Waals surface area contributed by atoms with Crippen LogP contribution in [0.2, 0.25) is 0 Å². The van der Waals surface area contributed by atoms with Crippen LogP contribution in [0.3, 0.4) is 0 Å². The number of hydrogen-bond acceptors (Lipinski definition) is 1. The van der Waals surface area contributed by atoms with Crippen molar-refractivity contribution in [3.05, 3.63) is 89.0 Å². The molecule has 0 heterocycles. The maximum absolute atomic E-state index is 3.36. The SMILES string of the molecule is CC1=[C-]C(C)C(C)=C1C.[Cl-].[Cl-].[Cr+4].[c-]1ccccc1CSc1ccccc1. The van der Waals surface area contributed by atoms with E-state index in [1.54, 1.807) is 0 Å². The molecule has 0 bridgehead atoms. The van der Waals surface area contributed by atoms with Gasteiger partial charge in [0, 0.05) is 10.6 Å². The van der Waals surface area contributed by atoms with E-state index in [0.29, 0.717) is 5.92 Å². The Morgan fingerprint density at radius 1 is 0.923 bits per heavy atom. The van der Waals surface area contributed by atoms with Gasteiger partial charge in [-0.25, -0.2) is 5.57 Å². The molecule has 1 aliphatic rings. The Kier molecular flexibility index (Phi) is 15.3. The van der Waals surface area contributed by atoms with Gasteiger partial charge in [-0.15, -0.1) is 18.7 Å². The van der Waals surface area contributed by atoms with E-state index in [1.807, 2.05) is 30.0 Å². The summed E-state index contributed by atoms with van der Waals surface area (Å²) in [5.74, 6) is 1.55. The number of thioether (sulfide) groups is 1. The van der Waals surface area contributed by atoms with Crippen LogP contribution in [0.4, 0.5) is 0 Å². The molecule has 1 unspecified atom stereocenters. The summed E-state index contributed by atoms with van der Waals surface area (Å²) in [4.78, 5) is 1.31. The first kappa shape index (κ1) is 27.6. The van der Waals surface area contributed by atoms with Crippen LogP contribution < -0.4 is 24.8 Å². The predicted octanol–water partition coefficient (Wildman–Crippen LogP) is 0.507. The van der Waals surface area contributed by atoms with Gasteiger partial charge in [0.05, 0.1) is 0 Å². The molecule has 2 aromatic carbocycles. The maximum Gasteiger partial charge on any atom is 4.00 e. The second-order valence-electron chi connectivity index (χ2n) is 5.79. The zero-order valence-electron chi connectivity index (χ0n) is 15.6. The molecule has 0 spiro atoms. The van der Waals surface area contributed by atoms with Gasteiger partial charge < -0.3 is 24.8 Å². The monoisotopic (exact) mass is 442 g/mol. The second kappa shape index (κ2) is 14.4. The topological polar surface area (TPSA) is 0 Å². The van der Waals surface area contributed by atoms with Crippen molar-refractivity contribution in [2.24, 2.45) is 5.92 Å². The Hall–Kier alpha value is -0.618. The fraction of sp³-hybridized carbons (Fsp3) is 0.273. The molecule has 4 heteroatoms. The van der Waals surface area contributed by atoms with Gasteiger partial charge in [0.2, 0.25) is 0 Å². The summed E-state index contributed by atoms with van der Waals surface area (Å²) in [6.07, 6.45) is 3.36. The van der Waals surface area contributed by atoms with Crippen LogP contribution in [0.15, 0.2) is 76.2 Å². The van der Waals surface area contributed by atoms with E-state index in [9.17, 15) is 0 Å². The predicted molar refractivity (Wildman–Crippen MR) is 101 cm³/mol. The smallest absolute Gasteiger partial charge is 1.00 e. The standard InChI is InChI=1S/C13H11S.C9H13.2ClH.Cr/c1-3-7-12(8-4-1)11-14-13-9-5-2-6-10-13;1-6-5-7(2)9(4)8(6)3;;;/h1-7,9-10H,11H2;6H,1-4H3;2*1H;/q2*-1;;;+4/p-2. The van der Waals surface area contributed by atoms with E-state index in [4.69, 9.17) is 0 Å². The molecule has 0 N–H and O–H groups in total.